The summed E-state index contributed by atoms with van der Waals surface area (Å²) in [5, 5.41) is 0. The topological polar surface area (TPSA) is 45.6 Å². The van der Waals surface area contributed by atoms with Gasteiger partial charge in [0.05, 0.1) is 6.54 Å². The van der Waals surface area contributed by atoms with Gasteiger partial charge in [-0.3, -0.25) is 9.59 Å². The van der Waals surface area contributed by atoms with Crippen molar-refractivity contribution in [2.45, 2.75) is 51.7 Å². The van der Waals surface area contributed by atoms with Crippen molar-refractivity contribution in [3.8, 4) is 0 Å². The summed E-state index contributed by atoms with van der Waals surface area (Å²) in [6, 6.07) is 9.64. The van der Waals surface area contributed by atoms with Crippen molar-refractivity contribution in [1.29, 1.82) is 0 Å². The highest BCUT2D eigenvalue weighted by Gasteiger charge is 2.35. The first-order valence-corrected chi connectivity index (χ1v) is 9.87. The number of benzene rings is 1. The number of rotatable bonds is 8. The van der Waals surface area contributed by atoms with Gasteiger partial charge in [-0.25, -0.2) is 4.39 Å². The van der Waals surface area contributed by atoms with Crippen molar-refractivity contribution >= 4 is 11.8 Å². The van der Waals surface area contributed by atoms with Crippen LogP contribution in [0.15, 0.2) is 42.6 Å². The van der Waals surface area contributed by atoms with Crippen LogP contribution in [0, 0.1) is 5.82 Å². The second-order valence-electron chi connectivity index (χ2n) is 7.56. The number of amides is 2. The molecule has 0 aliphatic heterocycles. The van der Waals surface area contributed by atoms with Crippen LogP contribution < -0.4 is 0 Å². The van der Waals surface area contributed by atoms with E-state index in [1.54, 1.807) is 4.90 Å². The average Bonchev–Trinajstić information content (AvgIpc) is 3.45. The van der Waals surface area contributed by atoms with Gasteiger partial charge in [-0.15, -0.1) is 0 Å². The largest absolute Gasteiger partial charge is 0.353 e. The number of aromatic nitrogens is 1. The fourth-order valence-corrected chi connectivity index (χ4v) is 3.29. The van der Waals surface area contributed by atoms with E-state index in [9.17, 15) is 14.0 Å². The molecule has 1 aromatic carbocycles. The minimum Gasteiger partial charge on any atom is -0.353 e. The first-order valence-electron chi connectivity index (χ1n) is 9.87. The molecule has 6 heteroatoms. The molecule has 1 unspecified atom stereocenters. The van der Waals surface area contributed by atoms with Crippen molar-refractivity contribution < 1.29 is 14.0 Å². The molecule has 1 aliphatic rings. The lowest BCUT2D eigenvalue weighted by atomic mass is 10.1. The summed E-state index contributed by atoms with van der Waals surface area (Å²) in [5.41, 5.74) is 1.47. The molecular formula is C22H28FN3O2. The second-order valence-corrected chi connectivity index (χ2v) is 7.56. The van der Waals surface area contributed by atoms with Crippen LogP contribution >= 0.6 is 0 Å². The predicted molar refractivity (Wildman–Crippen MR) is 106 cm³/mol. The van der Waals surface area contributed by atoms with Crippen LogP contribution in [0.5, 0.6) is 0 Å². The van der Waals surface area contributed by atoms with Crippen LogP contribution in [0.4, 0.5) is 4.39 Å². The summed E-state index contributed by atoms with van der Waals surface area (Å²) in [5.74, 6) is -0.665. The Labute approximate surface area is 165 Å². The van der Waals surface area contributed by atoms with Crippen LogP contribution in [0.25, 0.3) is 0 Å². The molecule has 1 aliphatic carbocycles. The van der Waals surface area contributed by atoms with Crippen molar-refractivity contribution in [2.75, 3.05) is 6.54 Å². The molecule has 28 heavy (non-hydrogen) atoms. The third kappa shape index (κ3) is 4.61. The molecule has 0 saturated heterocycles. The van der Waals surface area contributed by atoms with E-state index in [1.165, 1.54) is 24.3 Å². The van der Waals surface area contributed by atoms with E-state index in [1.807, 2.05) is 48.7 Å². The van der Waals surface area contributed by atoms with Crippen molar-refractivity contribution in [2.24, 2.45) is 7.05 Å². The minimum atomic E-state index is -0.384. The molecule has 1 fully saturated rings. The lowest BCUT2D eigenvalue weighted by Gasteiger charge is -2.31. The normalized spacial score (nSPS) is 14.6. The number of hydrogen-bond donors (Lipinski definition) is 0. The first kappa shape index (κ1) is 20.1. The number of aryl methyl sites for hydroxylation is 1. The Bertz CT molecular complexity index is 827. The maximum Gasteiger partial charge on any atom is 0.254 e. The first-order chi connectivity index (χ1) is 13.4. The maximum atomic E-state index is 13.2. The summed E-state index contributed by atoms with van der Waals surface area (Å²) >= 11 is 0. The second kappa shape index (κ2) is 8.59. The Morgan fingerprint density at radius 2 is 1.89 bits per heavy atom. The summed E-state index contributed by atoms with van der Waals surface area (Å²) in [6.07, 6.45) is 4.71. The van der Waals surface area contributed by atoms with Crippen LogP contribution in [0.1, 0.15) is 49.2 Å². The van der Waals surface area contributed by atoms with E-state index >= 15 is 0 Å². The Kier molecular flexibility index (Phi) is 6.17. The highest BCUT2D eigenvalue weighted by Crippen LogP contribution is 2.29. The van der Waals surface area contributed by atoms with Gasteiger partial charge in [0.15, 0.2) is 0 Å². The highest BCUT2D eigenvalue weighted by atomic mass is 19.1. The van der Waals surface area contributed by atoms with E-state index in [4.69, 9.17) is 0 Å². The van der Waals surface area contributed by atoms with Crippen LogP contribution in [-0.2, 0) is 18.4 Å². The molecule has 1 atom stereocenters. The fourth-order valence-electron chi connectivity index (χ4n) is 3.29. The molecule has 150 valence electrons. The van der Waals surface area contributed by atoms with Crippen LogP contribution in [0.3, 0.4) is 0 Å². The highest BCUT2D eigenvalue weighted by molar-refractivity contribution is 5.96. The number of carbonyl (C=O) groups is 2. The summed E-state index contributed by atoms with van der Waals surface area (Å²) in [4.78, 5) is 29.6. The zero-order valence-corrected chi connectivity index (χ0v) is 16.8. The smallest absolute Gasteiger partial charge is 0.254 e. The third-order valence-corrected chi connectivity index (χ3v) is 5.47. The lowest BCUT2D eigenvalue weighted by Crippen LogP contribution is -2.47. The summed E-state index contributed by atoms with van der Waals surface area (Å²) in [7, 11) is 1.97. The quantitative estimate of drug-likeness (QED) is 0.697. The molecule has 0 bridgehead atoms. The zero-order valence-electron chi connectivity index (χ0n) is 16.8. The van der Waals surface area contributed by atoms with Gasteiger partial charge in [0, 0.05) is 36.6 Å². The molecular weight excluding hydrogens is 357 g/mol. The molecule has 5 nitrogen and oxygen atoms in total. The molecule has 0 spiro atoms. The van der Waals surface area contributed by atoms with Crippen LogP contribution in [-0.4, -0.2) is 44.8 Å². The van der Waals surface area contributed by atoms with E-state index in [2.05, 4.69) is 0 Å². The van der Waals surface area contributed by atoms with Gasteiger partial charge in [0.2, 0.25) is 5.91 Å². The fraction of sp³-hybridized carbons (Fsp3) is 0.455. The standard InChI is InChI=1S/C22H28FN3O2/c1-4-16(2)25(22(28)17-7-9-18(23)10-8-17)15-21(27)26(19-11-12-19)14-20-6-5-13-24(20)3/h5-10,13,16,19H,4,11-12,14-15H2,1-3H3. The number of halogens is 1. The molecule has 0 radical (unpaired) electrons. The Hall–Kier alpha value is -2.63. The van der Waals surface area contributed by atoms with Gasteiger partial charge in [-0.1, -0.05) is 6.92 Å². The monoisotopic (exact) mass is 385 g/mol. The van der Waals surface area contributed by atoms with E-state index in [0.717, 1.165) is 25.0 Å². The van der Waals surface area contributed by atoms with E-state index in [-0.39, 0.29) is 36.3 Å². The van der Waals surface area contributed by atoms with Crippen molar-refractivity contribution in [3.05, 3.63) is 59.7 Å². The van der Waals surface area contributed by atoms with E-state index < -0.39 is 0 Å². The lowest BCUT2D eigenvalue weighted by molar-refractivity contribution is -0.133. The van der Waals surface area contributed by atoms with Crippen LogP contribution in [0.2, 0.25) is 0 Å². The number of nitrogens with zero attached hydrogens (tertiary/aromatic N) is 3. The van der Waals surface area contributed by atoms with Gasteiger partial charge >= 0.3 is 0 Å². The van der Waals surface area contributed by atoms with Gasteiger partial charge < -0.3 is 14.4 Å². The SMILES string of the molecule is CCC(C)N(CC(=O)N(Cc1cccn1C)C1CC1)C(=O)c1ccc(F)cc1. The summed E-state index contributed by atoms with van der Waals surface area (Å²) < 4.78 is 15.2. The maximum absolute atomic E-state index is 13.2. The number of carbonyl (C=O) groups excluding carboxylic acids is 2. The average molecular weight is 385 g/mol. The molecule has 1 heterocycles. The molecule has 2 amide bonds. The Morgan fingerprint density at radius 1 is 1.21 bits per heavy atom. The van der Waals surface area contributed by atoms with Gasteiger partial charge in [-0.2, -0.15) is 0 Å². The van der Waals surface area contributed by atoms with Crippen molar-refractivity contribution in [1.82, 2.24) is 14.4 Å². The van der Waals surface area contributed by atoms with Gasteiger partial charge in [0.1, 0.15) is 12.4 Å². The predicted octanol–water partition coefficient (Wildman–Crippen LogP) is 3.60. The van der Waals surface area contributed by atoms with Crippen molar-refractivity contribution in [3.63, 3.8) is 0 Å². The summed E-state index contributed by atoms with van der Waals surface area (Å²) in [6.45, 7) is 4.51. The zero-order chi connectivity index (χ0) is 20.3. The minimum absolute atomic E-state index is 0.0339. The molecule has 0 N–H and O–H groups in total. The van der Waals surface area contributed by atoms with Gasteiger partial charge in [-0.05, 0) is 62.6 Å². The number of hydrogen-bond acceptors (Lipinski definition) is 2. The third-order valence-electron chi connectivity index (χ3n) is 5.47. The Morgan fingerprint density at radius 3 is 2.43 bits per heavy atom. The van der Waals surface area contributed by atoms with E-state index in [0.29, 0.717) is 12.1 Å². The molecule has 1 saturated carbocycles. The molecule has 1 aromatic heterocycles. The molecule has 3 rings (SSSR count). The Balaban J connectivity index is 1.77. The van der Waals surface area contributed by atoms with Gasteiger partial charge in [0.25, 0.3) is 5.91 Å². The molecule has 2 aromatic rings.